The highest BCUT2D eigenvalue weighted by molar-refractivity contribution is 7.85. The van der Waals surface area contributed by atoms with E-state index in [9.17, 15) is 22.2 Å². The van der Waals surface area contributed by atoms with Crippen molar-refractivity contribution in [2.75, 3.05) is 5.75 Å². The van der Waals surface area contributed by atoms with Crippen LogP contribution in [0, 0.1) is 0 Å². The molecule has 1 atom stereocenters. The summed E-state index contributed by atoms with van der Waals surface area (Å²) >= 11 is 0. The van der Waals surface area contributed by atoms with E-state index in [2.05, 4.69) is 20.2 Å². The van der Waals surface area contributed by atoms with E-state index in [-0.39, 0.29) is 28.8 Å². The minimum Gasteiger partial charge on any atom is -0.307 e. The Hall–Kier alpha value is -2.95. The lowest BCUT2D eigenvalue weighted by Gasteiger charge is -2.08. The van der Waals surface area contributed by atoms with Crippen LogP contribution in [0.5, 0.6) is 0 Å². The van der Waals surface area contributed by atoms with Gasteiger partial charge in [-0.25, -0.2) is 4.98 Å². The molecule has 0 saturated heterocycles. The van der Waals surface area contributed by atoms with Gasteiger partial charge in [0.1, 0.15) is 22.2 Å². The van der Waals surface area contributed by atoms with Gasteiger partial charge < -0.3 is 4.57 Å². The highest BCUT2D eigenvalue weighted by Gasteiger charge is 2.31. The number of nitrogens with zero attached hydrogens (tertiary/aromatic N) is 5. The number of alkyl halides is 3. The summed E-state index contributed by atoms with van der Waals surface area (Å²) < 4.78 is 53.0. The van der Waals surface area contributed by atoms with E-state index in [4.69, 9.17) is 0 Å². The van der Waals surface area contributed by atoms with E-state index in [1.54, 1.807) is 14.0 Å². The number of rotatable bonds is 5. The van der Waals surface area contributed by atoms with Gasteiger partial charge in [-0.2, -0.15) is 13.2 Å². The molecule has 29 heavy (non-hydrogen) atoms. The van der Waals surface area contributed by atoms with Gasteiger partial charge in [-0.05, 0) is 26.0 Å². The molecule has 0 N–H and O–H groups in total. The van der Waals surface area contributed by atoms with Crippen LogP contribution in [0.3, 0.4) is 0 Å². The van der Waals surface area contributed by atoms with E-state index in [1.165, 1.54) is 23.8 Å². The maximum absolute atomic E-state index is 13.0. The van der Waals surface area contributed by atoms with E-state index >= 15 is 0 Å². The molecule has 1 unspecified atom stereocenters. The normalized spacial score (nSPS) is 12.8. The lowest BCUT2D eigenvalue weighted by molar-refractivity contribution is -0.137. The fraction of sp³-hybridized carbons (Fsp3) is 0.278. The van der Waals surface area contributed by atoms with Gasteiger partial charge in [0.2, 0.25) is 0 Å². The van der Waals surface area contributed by atoms with Crippen LogP contribution in [-0.4, -0.2) is 36.3 Å². The number of halogens is 3. The van der Waals surface area contributed by atoms with Gasteiger partial charge in [-0.15, -0.1) is 14.4 Å². The SMILES string of the molecule is CC[SH+](=O)c1cc(C(C)=O)cnc1-c1nnc(-c2cc(C(F)(F)F)ccn2)n1C. The molecule has 0 aliphatic carbocycles. The Kier molecular flexibility index (Phi) is 5.60. The fourth-order valence-corrected chi connectivity index (χ4v) is 3.68. The molecule has 152 valence electrons. The number of Topliss-reactive ketones (excluding diaryl/α,β-unsaturated/α-hetero) is 1. The van der Waals surface area contributed by atoms with Gasteiger partial charge in [0.05, 0.1) is 5.56 Å². The van der Waals surface area contributed by atoms with Crippen molar-refractivity contribution in [2.45, 2.75) is 24.9 Å². The molecule has 3 aromatic rings. The zero-order valence-electron chi connectivity index (χ0n) is 15.7. The van der Waals surface area contributed by atoms with Crippen molar-refractivity contribution < 1.29 is 22.2 Å². The molecule has 3 heterocycles. The number of ketones is 1. The van der Waals surface area contributed by atoms with Crippen molar-refractivity contribution in [3.8, 4) is 23.0 Å². The topological polar surface area (TPSA) is 90.6 Å². The summed E-state index contributed by atoms with van der Waals surface area (Å²) in [4.78, 5) is 20.2. The van der Waals surface area contributed by atoms with Crippen molar-refractivity contribution in [1.82, 2.24) is 24.7 Å². The molecule has 7 nitrogen and oxygen atoms in total. The molecule has 0 spiro atoms. The lowest BCUT2D eigenvalue weighted by Crippen LogP contribution is -2.07. The summed E-state index contributed by atoms with van der Waals surface area (Å²) in [7, 11) is -0.295. The number of hydrogen-bond donors (Lipinski definition) is 0. The summed E-state index contributed by atoms with van der Waals surface area (Å²) in [6.45, 7) is 3.11. The Morgan fingerprint density at radius 2 is 1.86 bits per heavy atom. The average molecular weight is 424 g/mol. The summed E-state index contributed by atoms with van der Waals surface area (Å²) in [6.07, 6.45) is -2.13. The first-order chi connectivity index (χ1) is 13.6. The predicted molar refractivity (Wildman–Crippen MR) is 101 cm³/mol. The smallest absolute Gasteiger partial charge is 0.307 e. The molecule has 3 rings (SSSR count). The highest BCUT2D eigenvalue weighted by atomic mass is 32.2. The van der Waals surface area contributed by atoms with E-state index in [0.29, 0.717) is 16.2 Å². The third-order valence-corrected chi connectivity index (χ3v) is 5.69. The number of carbonyl (C=O) groups is 1. The van der Waals surface area contributed by atoms with Gasteiger partial charge in [0, 0.05) is 31.1 Å². The molecule has 0 bridgehead atoms. The molecule has 0 aromatic carbocycles. The van der Waals surface area contributed by atoms with Crippen molar-refractivity contribution >= 4 is 16.6 Å². The third kappa shape index (κ3) is 4.09. The van der Waals surface area contributed by atoms with Crippen molar-refractivity contribution in [3.05, 3.63) is 41.7 Å². The van der Waals surface area contributed by atoms with Gasteiger partial charge >= 0.3 is 6.18 Å². The van der Waals surface area contributed by atoms with Crippen LogP contribution >= 0.6 is 0 Å². The Morgan fingerprint density at radius 1 is 1.17 bits per heavy atom. The van der Waals surface area contributed by atoms with Gasteiger partial charge in [0.25, 0.3) is 0 Å². The second-order valence-electron chi connectivity index (χ2n) is 6.18. The monoisotopic (exact) mass is 424 g/mol. The molecule has 0 fully saturated rings. The second kappa shape index (κ2) is 7.82. The molecule has 0 radical (unpaired) electrons. The minimum atomic E-state index is -4.52. The Morgan fingerprint density at radius 3 is 2.48 bits per heavy atom. The van der Waals surface area contributed by atoms with Crippen LogP contribution in [0.15, 0.2) is 35.5 Å². The van der Waals surface area contributed by atoms with E-state index < -0.39 is 22.5 Å². The summed E-state index contributed by atoms with van der Waals surface area (Å²) in [5.74, 6) is 0.407. The van der Waals surface area contributed by atoms with Crippen molar-refractivity contribution in [1.29, 1.82) is 0 Å². The summed E-state index contributed by atoms with van der Waals surface area (Å²) in [6, 6.07) is 3.25. The number of thiol groups is 1. The Labute approximate surface area is 166 Å². The number of carbonyl (C=O) groups excluding carboxylic acids is 1. The molecule has 0 aliphatic rings. The van der Waals surface area contributed by atoms with Crippen molar-refractivity contribution in [3.63, 3.8) is 0 Å². The molecule has 3 aromatic heterocycles. The Balaban J connectivity index is 2.13. The molecule has 0 saturated carbocycles. The van der Waals surface area contributed by atoms with E-state index in [0.717, 1.165) is 18.3 Å². The maximum atomic E-state index is 13.0. The molecular weight excluding hydrogens is 407 g/mol. The highest BCUT2D eigenvalue weighted by Crippen LogP contribution is 2.32. The van der Waals surface area contributed by atoms with E-state index in [1.807, 2.05) is 0 Å². The zero-order chi connectivity index (χ0) is 21.3. The number of hydrogen-bond acceptors (Lipinski definition) is 6. The second-order valence-corrected chi connectivity index (χ2v) is 8.05. The molecule has 11 heteroatoms. The van der Waals surface area contributed by atoms with Gasteiger partial charge in [-0.1, -0.05) is 0 Å². The molecular formula is C18H17F3N5O2S+. The van der Waals surface area contributed by atoms with Crippen LogP contribution in [0.25, 0.3) is 23.0 Å². The van der Waals surface area contributed by atoms with Crippen LogP contribution in [0.1, 0.15) is 29.8 Å². The van der Waals surface area contributed by atoms with Crippen LogP contribution in [0.2, 0.25) is 0 Å². The summed E-state index contributed by atoms with van der Waals surface area (Å²) in [5.41, 5.74) is -0.303. The Bertz CT molecular complexity index is 1110. The largest absolute Gasteiger partial charge is 0.416 e. The van der Waals surface area contributed by atoms with Crippen molar-refractivity contribution in [2.24, 2.45) is 7.05 Å². The quantitative estimate of drug-likeness (QED) is 0.355. The molecule has 0 amide bonds. The summed E-state index contributed by atoms with van der Waals surface area (Å²) in [5, 5.41) is 7.97. The average Bonchev–Trinajstić information content (AvgIpc) is 3.07. The number of pyridine rings is 2. The first-order valence-corrected chi connectivity index (χ1v) is 9.97. The van der Waals surface area contributed by atoms with Gasteiger partial charge in [0.15, 0.2) is 28.0 Å². The number of aromatic nitrogens is 5. The first-order valence-electron chi connectivity index (χ1n) is 8.52. The standard InChI is InChI=1S/C18H16F3N5O2S/c1-4-29(28)14-7-11(10(2)27)9-23-15(14)17-25-24-16(26(17)3)13-8-12(5-6-22-13)18(19,20)21/h5-9H,4H2,1-3H3/p+1. The van der Waals surface area contributed by atoms with Gasteiger partial charge in [-0.3, -0.25) is 9.78 Å². The fourth-order valence-electron chi connectivity index (χ4n) is 2.67. The maximum Gasteiger partial charge on any atom is 0.416 e. The molecule has 0 aliphatic heterocycles. The third-order valence-electron chi connectivity index (χ3n) is 4.23. The van der Waals surface area contributed by atoms with Crippen LogP contribution < -0.4 is 0 Å². The van der Waals surface area contributed by atoms with Crippen LogP contribution in [-0.2, 0) is 28.2 Å². The first kappa shape index (κ1) is 20.8. The zero-order valence-corrected chi connectivity index (χ0v) is 16.6. The minimum absolute atomic E-state index is 0.0112. The van der Waals surface area contributed by atoms with Crippen LogP contribution in [0.4, 0.5) is 13.2 Å². The predicted octanol–water partition coefficient (Wildman–Crippen LogP) is 3.24. The lowest BCUT2D eigenvalue weighted by atomic mass is 10.2.